The molecular formula is C11H8Br2F2N2S. The van der Waals surface area contributed by atoms with Gasteiger partial charge in [0.25, 0.3) is 0 Å². The molecule has 0 fully saturated rings. The van der Waals surface area contributed by atoms with Crippen molar-refractivity contribution in [1.29, 1.82) is 0 Å². The van der Waals surface area contributed by atoms with Crippen LogP contribution in [0.2, 0.25) is 0 Å². The molecule has 7 heteroatoms. The Hall–Kier alpha value is -0.400. The normalized spacial score (nSPS) is 12.7. The fourth-order valence-electron chi connectivity index (χ4n) is 1.38. The van der Waals surface area contributed by atoms with Crippen LogP contribution in [0.4, 0.5) is 8.78 Å². The molecule has 2 aromatic rings. The Bertz CT molecular complexity index is 551. The first-order valence-electron chi connectivity index (χ1n) is 5.15. The summed E-state index contributed by atoms with van der Waals surface area (Å²) in [5, 5.41) is 8.77. The van der Waals surface area contributed by atoms with Crippen molar-refractivity contribution in [2.75, 3.05) is 0 Å². The monoisotopic (exact) mass is 396 g/mol. The van der Waals surface area contributed by atoms with Crippen molar-refractivity contribution in [3.8, 4) is 10.6 Å². The lowest BCUT2D eigenvalue weighted by atomic mass is 10.2. The van der Waals surface area contributed by atoms with Crippen LogP contribution in [-0.4, -0.2) is 10.2 Å². The van der Waals surface area contributed by atoms with Gasteiger partial charge in [-0.2, -0.15) is 0 Å². The Morgan fingerprint density at radius 3 is 2.44 bits per heavy atom. The highest BCUT2D eigenvalue weighted by Gasteiger charge is 2.19. The van der Waals surface area contributed by atoms with Gasteiger partial charge >= 0.3 is 0 Å². The molecule has 0 saturated heterocycles. The summed E-state index contributed by atoms with van der Waals surface area (Å²) >= 11 is 7.66. The summed E-state index contributed by atoms with van der Waals surface area (Å²) in [4.78, 5) is 0.0605. The third-order valence-electron chi connectivity index (χ3n) is 2.29. The Balaban J connectivity index is 2.46. The summed E-state index contributed by atoms with van der Waals surface area (Å²) in [6, 6.07) is 2.43. The molecule has 0 N–H and O–H groups in total. The summed E-state index contributed by atoms with van der Waals surface area (Å²) in [6.07, 6.45) is 0.833. The van der Waals surface area contributed by atoms with Crippen LogP contribution in [0.1, 0.15) is 23.2 Å². The smallest absolute Gasteiger partial charge is 0.153 e. The Kier molecular flexibility index (Phi) is 4.45. The fourth-order valence-corrected chi connectivity index (χ4v) is 3.11. The van der Waals surface area contributed by atoms with Gasteiger partial charge in [-0.15, -0.1) is 10.2 Å². The molecule has 1 unspecified atom stereocenters. The average Bonchev–Trinajstić information content (AvgIpc) is 2.76. The molecule has 18 heavy (non-hydrogen) atoms. The van der Waals surface area contributed by atoms with Gasteiger partial charge in [0.1, 0.15) is 16.6 Å². The first-order valence-corrected chi connectivity index (χ1v) is 7.67. The quantitative estimate of drug-likeness (QED) is 0.674. The average molecular weight is 398 g/mol. The van der Waals surface area contributed by atoms with Crippen LogP contribution in [0.15, 0.2) is 16.6 Å². The molecule has 0 aliphatic heterocycles. The molecule has 96 valence electrons. The molecule has 0 radical (unpaired) electrons. The van der Waals surface area contributed by atoms with Crippen molar-refractivity contribution < 1.29 is 8.78 Å². The van der Waals surface area contributed by atoms with E-state index in [1.807, 2.05) is 6.92 Å². The van der Waals surface area contributed by atoms with Gasteiger partial charge in [0.15, 0.2) is 5.01 Å². The number of halogens is 4. The highest BCUT2D eigenvalue weighted by molar-refractivity contribution is 9.10. The standard InChI is InChI=1S/C11H8Br2F2N2S/c1-2-6(13)10-16-17-11(18-10)9-7(14)3-5(12)4-8(9)15/h3-4,6H,2H2,1H3. The summed E-state index contributed by atoms with van der Waals surface area (Å²) in [7, 11) is 0. The summed E-state index contributed by atoms with van der Waals surface area (Å²) in [5.74, 6) is -1.29. The van der Waals surface area contributed by atoms with Crippen molar-refractivity contribution in [2.24, 2.45) is 0 Å². The third-order valence-corrected chi connectivity index (χ3v) is 5.18. The fraction of sp³-hybridized carbons (Fsp3) is 0.273. The number of nitrogens with zero attached hydrogens (tertiary/aromatic N) is 2. The molecule has 1 heterocycles. The topological polar surface area (TPSA) is 25.8 Å². The van der Waals surface area contributed by atoms with E-state index in [1.165, 1.54) is 23.5 Å². The zero-order valence-corrected chi connectivity index (χ0v) is 13.2. The summed E-state index contributed by atoms with van der Waals surface area (Å²) in [6.45, 7) is 1.99. The SMILES string of the molecule is CCC(Br)c1nnc(-c2c(F)cc(Br)cc2F)s1. The van der Waals surface area contributed by atoms with Gasteiger partial charge in [-0.05, 0) is 18.6 Å². The van der Waals surface area contributed by atoms with Crippen molar-refractivity contribution in [3.63, 3.8) is 0 Å². The third kappa shape index (κ3) is 2.78. The van der Waals surface area contributed by atoms with Crippen LogP contribution >= 0.6 is 43.2 Å². The van der Waals surface area contributed by atoms with E-state index in [0.29, 0.717) is 9.48 Å². The van der Waals surface area contributed by atoms with E-state index in [2.05, 4.69) is 42.1 Å². The number of benzene rings is 1. The molecule has 0 bridgehead atoms. The minimum Gasteiger partial charge on any atom is -0.206 e. The second kappa shape index (κ2) is 5.71. The van der Waals surface area contributed by atoms with Crippen LogP contribution in [0.3, 0.4) is 0 Å². The number of alkyl halides is 1. The molecule has 1 atom stereocenters. The summed E-state index contributed by atoms with van der Waals surface area (Å²) < 4.78 is 27.9. The Morgan fingerprint density at radius 2 is 1.89 bits per heavy atom. The largest absolute Gasteiger partial charge is 0.206 e. The Morgan fingerprint density at radius 1 is 1.28 bits per heavy atom. The molecule has 1 aromatic heterocycles. The summed E-state index contributed by atoms with van der Waals surface area (Å²) in [5.41, 5.74) is -0.127. The predicted octanol–water partition coefficient (Wildman–Crippen LogP) is 5.09. The second-order valence-electron chi connectivity index (χ2n) is 3.57. The van der Waals surface area contributed by atoms with E-state index in [9.17, 15) is 8.78 Å². The zero-order valence-electron chi connectivity index (χ0n) is 9.25. The van der Waals surface area contributed by atoms with Gasteiger partial charge in [-0.25, -0.2) is 8.78 Å². The lowest BCUT2D eigenvalue weighted by Crippen LogP contribution is -1.90. The zero-order chi connectivity index (χ0) is 13.3. The lowest BCUT2D eigenvalue weighted by molar-refractivity contribution is 0.587. The van der Waals surface area contributed by atoms with E-state index in [-0.39, 0.29) is 15.4 Å². The molecule has 0 aliphatic rings. The minimum atomic E-state index is -0.646. The van der Waals surface area contributed by atoms with Crippen LogP contribution in [0.25, 0.3) is 10.6 Å². The first-order chi connectivity index (χ1) is 8.52. The van der Waals surface area contributed by atoms with Crippen LogP contribution in [0, 0.1) is 11.6 Å². The van der Waals surface area contributed by atoms with Crippen molar-refractivity contribution in [3.05, 3.63) is 33.2 Å². The van der Waals surface area contributed by atoms with Gasteiger partial charge in [0.2, 0.25) is 0 Å². The molecular weight excluding hydrogens is 390 g/mol. The maximum atomic E-state index is 13.7. The first kappa shape index (κ1) is 14.0. The molecule has 2 nitrogen and oxygen atoms in total. The lowest BCUT2D eigenvalue weighted by Gasteiger charge is -2.01. The molecule has 0 aliphatic carbocycles. The number of hydrogen-bond acceptors (Lipinski definition) is 3. The van der Waals surface area contributed by atoms with Gasteiger partial charge in [-0.3, -0.25) is 0 Å². The van der Waals surface area contributed by atoms with Crippen LogP contribution in [-0.2, 0) is 0 Å². The molecule has 0 spiro atoms. The molecule has 2 rings (SSSR count). The van der Waals surface area contributed by atoms with E-state index in [1.54, 1.807) is 0 Å². The van der Waals surface area contributed by atoms with E-state index in [0.717, 1.165) is 6.42 Å². The Labute approximate surface area is 124 Å². The molecule has 0 amide bonds. The van der Waals surface area contributed by atoms with Crippen molar-refractivity contribution in [1.82, 2.24) is 10.2 Å². The van der Waals surface area contributed by atoms with Gasteiger partial charge < -0.3 is 0 Å². The second-order valence-corrected chi connectivity index (χ2v) is 6.60. The van der Waals surface area contributed by atoms with E-state index < -0.39 is 11.6 Å². The number of aromatic nitrogens is 2. The highest BCUT2D eigenvalue weighted by Crippen LogP contribution is 2.35. The maximum absolute atomic E-state index is 13.7. The van der Waals surface area contributed by atoms with Gasteiger partial charge in [-0.1, -0.05) is 50.1 Å². The van der Waals surface area contributed by atoms with E-state index >= 15 is 0 Å². The maximum Gasteiger partial charge on any atom is 0.153 e. The van der Waals surface area contributed by atoms with Gasteiger partial charge in [0, 0.05) is 4.47 Å². The highest BCUT2D eigenvalue weighted by atomic mass is 79.9. The van der Waals surface area contributed by atoms with Crippen LogP contribution in [0.5, 0.6) is 0 Å². The number of rotatable bonds is 3. The number of hydrogen-bond donors (Lipinski definition) is 0. The van der Waals surface area contributed by atoms with Crippen LogP contribution < -0.4 is 0 Å². The molecule has 0 saturated carbocycles. The minimum absolute atomic E-state index is 0.0605. The van der Waals surface area contributed by atoms with Crippen molar-refractivity contribution >= 4 is 43.2 Å². The predicted molar refractivity (Wildman–Crippen MR) is 74.9 cm³/mol. The molecule has 1 aromatic carbocycles. The van der Waals surface area contributed by atoms with E-state index in [4.69, 9.17) is 0 Å². The van der Waals surface area contributed by atoms with Gasteiger partial charge in [0.05, 0.1) is 10.4 Å². The van der Waals surface area contributed by atoms with Crippen molar-refractivity contribution in [2.45, 2.75) is 18.2 Å².